The van der Waals surface area contributed by atoms with Crippen LogP contribution in [0.2, 0.25) is 15.1 Å². The summed E-state index contributed by atoms with van der Waals surface area (Å²) >= 11 is 17.7. The van der Waals surface area contributed by atoms with Crippen molar-refractivity contribution in [1.82, 2.24) is 5.43 Å². The van der Waals surface area contributed by atoms with Gasteiger partial charge >= 0.3 is 5.97 Å². The third kappa shape index (κ3) is 5.50. The molecular formula is C22H15Cl3N2O5. The first-order valence-electron chi connectivity index (χ1n) is 8.96. The number of nitrogens with zero attached hydrogens (tertiary/aromatic N) is 1. The van der Waals surface area contributed by atoms with E-state index in [0.717, 1.165) is 0 Å². The number of methoxy groups -OCH3 is 1. The minimum Gasteiger partial charge on any atom is -0.505 e. The predicted octanol–water partition coefficient (Wildman–Crippen LogP) is 5.34. The van der Waals surface area contributed by atoms with E-state index in [4.69, 9.17) is 44.3 Å². The summed E-state index contributed by atoms with van der Waals surface area (Å²) in [5.74, 6) is -1.06. The van der Waals surface area contributed by atoms with E-state index in [0.29, 0.717) is 5.56 Å². The number of hydrogen-bond donors (Lipinski definition) is 2. The van der Waals surface area contributed by atoms with Crippen molar-refractivity contribution in [3.8, 4) is 17.2 Å². The van der Waals surface area contributed by atoms with Gasteiger partial charge in [-0.05, 0) is 48.0 Å². The van der Waals surface area contributed by atoms with Crippen molar-refractivity contribution in [3.05, 3.63) is 86.4 Å². The zero-order valence-corrected chi connectivity index (χ0v) is 18.7. The first-order valence-corrected chi connectivity index (χ1v) is 10.1. The van der Waals surface area contributed by atoms with E-state index < -0.39 is 11.9 Å². The van der Waals surface area contributed by atoms with Gasteiger partial charge in [0.05, 0.1) is 34.0 Å². The molecule has 0 saturated carbocycles. The summed E-state index contributed by atoms with van der Waals surface area (Å²) in [5, 5.41) is 13.6. The molecule has 0 spiro atoms. The number of carbonyl (C=O) groups excluding carboxylic acids is 2. The Hall–Kier alpha value is -3.26. The maximum Gasteiger partial charge on any atom is 0.345 e. The number of rotatable bonds is 6. The monoisotopic (exact) mass is 492 g/mol. The lowest BCUT2D eigenvalue weighted by Gasteiger charge is -2.10. The average Bonchev–Trinajstić information content (AvgIpc) is 2.78. The number of ether oxygens (including phenoxy) is 2. The van der Waals surface area contributed by atoms with E-state index in [1.54, 1.807) is 36.4 Å². The molecule has 164 valence electrons. The number of hydrogen-bond acceptors (Lipinski definition) is 6. The Morgan fingerprint density at radius 1 is 0.969 bits per heavy atom. The Morgan fingerprint density at radius 2 is 1.66 bits per heavy atom. The third-order valence-electron chi connectivity index (χ3n) is 4.14. The van der Waals surface area contributed by atoms with Crippen molar-refractivity contribution in [1.29, 1.82) is 0 Å². The van der Waals surface area contributed by atoms with E-state index in [1.807, 2.05) is 0 Å². The number of halogens is 3. The number of hydrazone groups is 1. The molecule has 0 aliphatic heterocycles. The topological polar surface area (TPSA) is 97.2 Å². The summed E-state index contributed by atoms with van der Waals surface area (Å²) in [6, 6.07) is 13.7. The number of phenols is 1. The lowest BCUT2D eigenvalue weighted by atomic mass is 10.2. The van der Waals surface area contributed by atoms with Crippen molar-refractivity contribution >= 4 is 52.9 Å². The molecular weight excluding hydrogens is 479 g/mol. The molecule has 2 N–H and O–H groups in total. The molecule has 0 bridgehead atoms. The average molecular weight is 494 g/mol. The SMILES string of the molecule is COc1cc(/C=N/NC(=O)c2cc(Cl)c(O)c(Cl)c2)ccc1OC(=O)c1ccccc1Cl. The van der Waals surface area contributed by atoms with Crippen LogP contribution in [0.1, 0.15) is 26.3 Å². The van der Waals surface area contributed by atoms with E-state index >= 15 is 0 Å². The molecule has 0 aliphatic rings. The Balaban J connectivity index is 1.70. The molecule has 0 radical (unpaired) electrons. The van der Waals surface area contributed by atoms with Gasteiger partial charge in [0.2, 0.25) is 0 Å². The van der Waals surface area contributed by atoms with Crippen LogP contribution < -0.4 is 14.9 Å². The van der Waals surface area contributed by atoms with Gasteiger partial charge in [0.1, 0.15) is 0 Å². The number of carbonyl (C=O) groups is 2. The summed E-state index contributed by atoms with van der Waals surface area (Å²) in [6.45, 7) is 0. The Morgan fingerprint density at radius 3 is 2.31 bits per heavy atom. The molecule has 10 heteroatoms. The van der Waals surface area contributed by atoms with E-state index in [9.17, 15) is 14.7 Å². The fourth-order valence-corrected chi connectivity index (χ4v) is 3.26. The highest BCUT2D eigenvalue weighted by Crippen LogP contribution is 2.32. The van der Waals surface area contributed by atoms with Gasteiger partial charge in [0, 0.05) is 5.56 Å². The van der Waals surface area contributed by atoms with Crippen LogP contribution in [-0.2, 0) is 0 Å². The van der Waals surface area contributed by atoms with Crippen molar-refractivity contribution in [2.75, 3.05) is 7.11 Å². The van der Waals surface area contributed by atoms with Gasteiger partial charge < -0.3 is 14.6 Å². The van der Waals surface area contributed by atoms with Crippen LogP contribution in [0.15, 0.2) is 59.7 Å². The first kappa shape index (κ1) is 23.4. The molecule has 3 rings (SSSR count). The molecule has 1 amide bonds. The van der Waals surface area contributed by atoms with Crippen LogP contribution in [-0.4, -0.2) is 30.3 Å². The summed E-state index contributed by atoms with van der Waals surface area (Å²) < 4.78 is 10.7. The van der Waals surface area contributed by atoms with Crippen LogP contribution in [0.25, 0.3) is 0 Å². The van der Waals surface area contributed by atoms with E-state index in [-0.39, 0.29) is 43.4 Å². The van der Waals surface area contributed by atoms with Crippen molar-refractivity contribution in [2.24, 2.45) is 5.10 Å². The lowest BCUT2D eigenvalue weighted by molar-refractivity contribution is 0.0729. The zero-order chi connectivity index (χ0) is 23.3. The van der Waals surface area contributed by atoms with Crippen molar-refractivity contribution in [2.45, 2.75) is 0 Å². The van der Waals surface area contributed by atoms with E-state index in [1.165, 1.54) is 31.5 Å². The largest absolute Gasteiger partial charge is 0.505 e. The van der Waals surface area contributed by atoms with Crippen LogP contribution in [0.5, 0.6) is 17.2 Å². The maximum atomic E-state index is 12.4. The fourth-order valence-electron chi connectivity index (χ4n) is 2.56. The van der Waals surface area contributed by atoms with Gasteiger partial charge in [0.25, 0.3) is 5.91 Å². The number of nitrogens with one attached hydrogen (secondary N) is 1. The zero-order valence-electron chi connectivity index (χ0n) is 16.4. The molecule has 3 aromatic carbocycles. The summed E-state index contributed by atoms with van der Waals surface area (Å²) in [6.07, 6.45) is 1.36. The molecule has 0 aromatic heterocycles. The highest BCUT2D eigenvalue weighted by atomic mass is 35.5. The molecule has 3 aromatic rings. The summed E-state index contributed by atoms with van der Waals surface area (Å²) in [7, 11) is 1.42. The molecule has 32 heavy (non-hydrogen) atoms. The minimum absolute atomic E-state index is 0.0571. The summed E-state index contributed by atoms with van der Waals surface area (Å²) in [5.41, 5.74) is 3.22. The minimum atomic E-state index is -0.631. The lowest BCUT2D eigenvalue weighted by Crippen LogP contribution is -2.17. The molecule has 7 nitrogen and oxygen atoms in total. The van der Waals surface area contributed by atoms with Gasteiger partial charge in [-0.15, -0.1) is 0 Å². The second kappa shape index (κ2) is 10.4. The van der Waals surface area contributed by atoms with E-state index in [2.05, 4.69) is 10.5 Å². The number of amides is 1. The first-order chi connectivity index (χ1) is 15.3. The van der Waals surface area contributed by atoms with Gasteiger partial charge in [-0.25, -0.2) is 10.2 Å². The normalized spacial score (nSPS) is 10.8. The number of benzene rings is 3. The highest BCUT2D eigenvalue weighted by Gasteiger charge is 2.15. The summed E-state index contributed by atoms with van der Waals surface area (Å²) in [4.78, 5) is 24.6. The van der Waals surface area contributed by atoms with Gasteiger partial charge in [-0.3, -0.25) is 4.79 Å². The van der Waals surface area contributed by atoms with Crippen LogP contribution >= 0.6 is 34.8 Å². The van der Waals surface area contributed by atoms with Crippen molar-refractivity contribution in [3.63, 3.8) is 0 Å². The smallest absolute Gasteiger partial charge is 0.345 e. The molecule has 0 heterocycles. The maximum absolute atomic E-state index is 12.4. The van der Waals surface area contributed by atoms with Gasteiger partial charge in [0.15, 0.2) is 17.2 Å². The quantitative estimate of drug-likeness (QED) is 0.209. The van der Waals surface area contributed by atoms with Crippen LogP contribution in [0, 0.1) is 0 Å². The fraction of sp³-hybridized carbons (Fsp3) is 0.0455. The second-order valence-corrected chi connectivity index (χ2v) is 7.49. The number of esters is 1. The molecule has 0 saturated heterocycles. The molecule has 0 unspecified atom stereocenters. The van der Waals surface area contributed by atoms with Crippen molar-refractivity contribution < 1.29 is 24.2 Å². The Labute approximate surface area is 198 Å². The van der Waals surface area contributed by atoms with Crippen LogP contribution in [0.3, 0.4) is 0 Å². The number of aromatic hydroxyl groups is 1. The van der Waals surface area contributed by atoms with Gasteiger partial charge in [-0.1, -0.05) is 46.9 Å². The molecule has 0 fully saturated rings. The third-order valence-corrected chi connectivity index (χ3v) is 5.05. The standard InChI is InChI=1S/C22H15Cl3N2O5/c1-31-19-8-12(6-7-18(19)32-22(30)14-4-2-3-5-15(14)23)11-26-27-21(29)13-9-16(24)20(28)17(25)10-13/h2-11,28H,1H3,(H,27,29)/b26-11+. The highest BCUT2D eigenvalue weighted by molar-refractivity contribution is 6.37. The number of phenolic OH excluding ortho intramolecular Hbond substituents is 1. The Bertz CT molecular complexity index is 1190. The second-order valence-electron chi connectivity index (χ2n) is 6.27. The molecule has 0 atom stereocenters. The van der Waals surface area contributed by atoms with Crippen LogP contribution in [0.4, 0.5) is 0 Å². The Kier molecular flexibility index (Phi) is 7.58. The van der Waals surface area contributed by atoms with Gasteiger partial charge in [-0.2, -0.15) is 5.10 Å². The molecule has 0 aliphatic carbocycles. The predicted molar refractivity (Wildman–Crippen MR) is 123 cm³/mol.